The molecule has 0 unspecified atom stereocenters. The maximum atomic E-state index is 11.9. The molecule has 2 amide bonds. The van der Waals surface area contributed by atoms with Gasteiger partial charge in [0.05, 0.1) is 12.2 Å². The van der Waals surface area contributed by atoms with Gasteiger partial charge in [-0.05, 0) is 19.4 Å². The van der Waals surface area contributed by atoms with Gasteiger partial charge in [-0.1, -0.05) is 30.3 Å². The van der Waals surface area contributed by atoms with Gasteiger partial charge in [0, 0.05) is 12.6 Å². The molecule has 0 saturated heterocycles. The normalized spacial score (nSPS) is 11.9. The zero-order chi connectivity index (χ0) is 13.7. The zero-order valence-corrected chi connectivity index (χ0v) is 11.1. The van der Waals surface area contributed by atoms with Crippen LogP contribution in [0.5, 0.6) is 0 Å². The highest BCUT2D eigenvalue weighted by atomic mass is 16.2. The zero-order valence-electron chi connectivity index (χ0n) is 11.1. The summed E-state index contributed by atoms with van der Waals surface area (Å²) in [5.41, 5.74) is 1.07. The minimum Gasteiger partial charge on any atom is -0.331 e. The molecule has 2 N–H and O–H groups in total. The van der Waals surface area contributed by atoms with E-state index in [0.717, 1.165) is 12.1 Å². The van der Waals surface area contributed by atoms with E-state index in [1.807, 2.05) is 44.2 Å². The third-order valence-electron chi connectivity index (χ3n) is 2.90. The number of aryl methyl sites for hydroxylation is 1. The first-order valence-corrected chi connectivity index (χ1v) is 6.35. The molecule has 0 saturated carbocycles. The van der Waals surface area contributed by atoms with Crippen molar-refractivity contribution in [3.8, 4) is 0 Å². The van der Waals surface area contributed by atoms with Crippen molar-refractivity contribution in [1.29, 1.82) is 0 Å². The summed E-state index contributed by atoms with van der Waals surface area (Å²) in [4.78, 5) is 11.9. The molecule has 1 aromatic carbocycles. The molecule has 2 aromatic rings. The van der Waals surface area contributed by atoms with Crippen molar-refractivity contribution < 1.29 is 4.79 Å². The molecule has 0 aliphatic carbocycles. The number of nitrogens with zero attached hydrogens (tertiary/aromatic N) is 2. The summed E-state index contributed by atoms with van der Waals surface area (Å²) in [6.45, 7) is 4.64. The van der Waals surface area contributed by atoms with Crippen LogP contribution in [0, 0.1) is 0 Å². The summed E-state index contributed by atoms with van der Waals surface area (Å²) in [6.07, 6.45) is 1.67. The minimum atomic E-state index is -0.230. The fourth-order valence-electron chi connectivity index (χ4n) is 1.86. The number of nitrogens with one attached hydrogen (secondary N) is 2. The van der Waals surface area contributed by atoms with E-state index in [4.69, 9.17) is 0 Å². The molecule has 5 heteroatoms. The van der Waals surface area contributed by atoms with Gasteiger partial charge < -0.3 is 5.32 Å². The Morgan fingerprint density at radius 2 is 2.05 bits per heavy atom. The summed E-state index contributed by atoms with van der Waals surface area (Å²) in [5, 5.41) is 9.79. The highest BCUT2D eigenvalue weighted by Gasteiger charge is 2.10. The van der Waals surface area contributed by atoms with Gasteiger partial charge in [-0.15, -0.1) is 0 Å². The molecule has 2 rings (SSSR count). The highest BCUT2D eigenvalue weighted by molar-refractivity contribution is 5.88. The van der Waals surface area contributed by atoms with Crippen LogP contribution in [-0.4, -0.2) is 15.8 Å². The Labute approximate surface area is 112 Å². The van der Waals surface area contributed by atoms with Crippen LogP contribution in [0.25, 0.3) is 0 Å². The molecule has 1 aromatic heterocycles. The van der Waals surface area contributed by atoms with Crippen LogP contribution in [0.2, 0.25) is 0 Å². The lowest BCUT2D eigenvalue weighted by Crippen LogP contribution is -2.31. The lowest BCUT2D eigenvalue weighted by atomic mass is 10.1. The molecule has 19 heavy (non-hydrogen) atoms. The summed E-state index contributed by atoms with van der Waals surface area (Å²) in [5.74, 6) is 0.695. The smallest absolute Gasteiger partial charge is 0.320 e. The number of rotatable bonds is 4. The van der Waals surface area contributed by atoms with Crippen LogP contribution in [-0.2, 0) is 6.54 Å². The van der Waals surface area contributed by atoms with Crippen molar-refractivity contribution >= 4 is 11.8 Å². The fraction of sp³-hybridized carbons (Fsp3) is 0.286. The quantitative estimate of drug-likeness (QED) is 0.886. The monoisotopic (exact) mass is 258 g/mol. The highest BCUT2D eigenvalue weighted by Crippen LogP contribution is 2.12. The van der Waals surface area contributed by atoms with Crippen molar-refractivity contribution in [3.63, 3.8) is 0 Å². The summed E-state index contributed by atoms with van der Waals surface area (Å²) < 4.78 is 1.73. The Kier molecular flexibility index (Phi) is 4.18. The van der Waals surface area contributed by atoms with Gasteiger partial charge in [-0.2, -0.15) is 5.10 Å². The molecule has 0 radical (unpaired) electrons. The third-order valence-corrected chi connectivity index (χ3v) is 2.90. The van der Waals surface area contributed by atoms with Gasteiger partial charge in [0.1, 0.15) is 5.82 Å². The van der Waals surface area contributed by atoms with Crippen LogP contribution in [0.1, 0.15) is 25.5 Å². The van der Waals surface area contributed by atoms with Gasteiger partial charge in [0.15, 0.2) is 0 Å². The van der Waals surface area contributed by atoms with Crippen molar-refractivity contribution in [2.24, 2.45) is 0 Å². The van der Waals surface area contributed by atoms with E-state index >= 15 is 0 Å². The molecule has 0 fully saturated rings. The van der Waals surface area contributed by atoms with Crippen molar-refractivity contribution in [2.75, 3.05) is 5.32 Å². The van der Waals surface area contributed by atoms with Crippen LogP contribution in [0.3, 0.4) is 0 Å². The molecule has 1 heterocycles. The first kappa shape index (κ1) is 13.1. The molecule has 0 spiro atoms. The van der Waals surface area contributed by atoms with E-state index in [9.17, 15) is 4.79 Å². The molecule has 100 valence electrons. The van der Waals surface area contributed by atoms with Crippen LogP contribution in [0.4, 0.5) is 10.6 Å². The predicted molar refractivity (Wildman–Crippen MR) is 74.9 cm³/mol. The molecule has 0 bridgehead atoms. The lowest BCUT2D eigenvalue weighted by Gasteiger charge is -2.15. The Bertz CT molecular complexity index is 535. The molecule has 5 nitrogen and oxygen atoms in total. The topological polar surface area (TPSA) is 59.0 Å². The third kappa shape index (κ3) is 3.34. The maximum absolute atomic E-state index is 11.9. The minimum absolute atomic E-state index is 0.0424. The van der Waals surface area contributed by atoms with Crippen molar-refractivity contribution in [3.05, 3.63) is 48.2 Å². The van der Waals surface area contributed by atoms with Gasteiger partial charge >= 0.3 is 6.03 Å². The largest absolute Gasteiger partial charge is 0.331 e. The first-order chi connectivity index (χ1) is 9.20. The molecule has 1 atom stereocenters. The van der Waals surface area contributed by atoms with Crippen LogP contribution >= 0.6 is 0 Å². The van der Waals surface area contributed by atoms with Crippen LogP contribution in [0.15, 0.2) is 42.6 Å². The summed E-state index contributed by atoms with van der Waals surface area (Å²) in [7, 11) is 0. The lowest BCUT2D eigenvalue weighted by molar-refractivity contribution is 0.249. The molecular weight excluding hydrogens is 240 g/mol. The second-order valence-corrected chi connectivity index (χ2v) is 4.26. The van der Waals surface area contributed by atoms with Gasteiger partial charge in [0.2, 0.25) is 0 Å². The average molecular weight is 258 g/mol. The van der Waals surface area contributed by atoms with Crippen LogP contribution < -0.4 is 10.6 Å². The molecule has 0 aliphatic heterocycles. The first-order valence-electron chi connectivity index (χ1n) is 6.35. The average Bonchev–Trinajstić information content (AvgIpc) is 2.86. The maximum Gasteiger partial charge on any atom is 0.320 e. The molecular formula is C14H18N4O. The van der Waals surface area contributed by atoms with Gasteiger partial charge in [-0.3, -0.25) is 5.32 Å². The Balaban J connectivity index is 1.95. The van der Waals surface area contributed by atoms with Crippen molar-refractivity contribution in [1.82, 2.24) is 15.1 Å². The second kappa shape index (κ2) is 6.04. The molecule has 0 aliphatic rings. The number of urea groups is 1. The van der Waals surface area contributed by atoms with E-state index in [1.54, 1.807) is 16.9 Å². The number of benzene rings is 1. The van der Waals surface area contributed by atoms with E-state index in [2.05, 4.69) is 15.7 Å². The number of carbonyl (C=O) groups excluding carboxylic acids is 1. The van der Waals surface area contributed by atoms with Gasteiger partial charge in [-0.25, -0.2) is 9.48 Å². The number of hydrogen-bond donors (Lipinski definition) is 2. The van der Waals surface area contributed by atoms with E-state index in [-0.39, 0.29) is 12.1 Å². The Morgan fingerprint density at radius 3 is 2.74 bits per heavy atom. The van der Waals surface area contributed by atoms with E-state index < -0.39 is 0 Å². The Morgan fingerprint density at radius 1 is 1.32 bits per heavy atom. The SMILES string of the molecule is CCn1nccc1NC(=O)N[C@H](C)c1ccccc1. The number of carbonyl (C=O) groups is 1. The Hall–Kier alpha value is -2.30. The summed E-state index contributed by atoms with van der Waals surface area (Å²) in [6, 6.07) is 11.3. The number of anilines is 1. The number of hydrogen-bond acceptors (Lipinski definition) is 2. The van der Waals surface area contributed by atoms with Crippen molar-refractivity contribution in [2.45, 2.75) is 26.4 Å². The number of aromatic nitrogens is 2. The standard InChI is InChI=1S/C14H18N4O/c1-3-18-13(9-10-15-18)17-14(19)16-11(2)12-7-5-4-6-8-12/h4-11H,3H2,1-2H3,(H2,16,17,19)/t11-/m1/s1. The van der Waals surface area contributed by atoms with E-state index in [1.165, 1.54) is 0 Å². The number of amides is 2. The predicted octanol–water partition coefficient (Wildman–Crippen LogP) is 2.79. The summed E-state index contributed by atoms with van der Waals surface area (Å²) >= 11 is 0. The van der Waals surface area contributed by atoms with Gasteiger partial charge in [0.25, 0.3) is 0 Å². The fourth-order valence-corrected chi connectivity index (χ4v) is 1.86. The van der Waals surface area contributed by atoms with E-state index in [0.29, 0.717) is 5.82 Å². The second-order valence-electron chi connectivity index (χ2n) is 4.26.